The van der Waals surface area contributed by atoms with Crippen LogP contribution in [0.25, 0.3) is 0 Å². The van der Waals surface area contributed by atoms with Crippen molar-refractivity contribution in [1.82, 2.24) is 9.80 Å². The van der Waals surface area contributed by atoms with Gasteiger partial charge >= 0.3 is 0 Å². The molecule has 0 bridgehead atoms. The second kappa shape index (κ2) is 10.4. The summed E-state index contributed by atoms with van der Waals surface area (Å²) in [6.45, 7) is 3.05. The van der Waals surface area contributed by atoms with Crippen molar-refractivity contribution in [3.05, 3.63) is 82.4 Å². The number of ether oxygens (including phenoxy) is 1. The molecule has 0 radical (unpaired) electrons. The molecule has 0 aromatic heterocycles. The largest absolute Gasteiger partial charge is 0.495 e. The molecule has 2 aromatic rings. The molecule has 36 heavy (non-hydrogen) atoms. The number of amides is 2. The van der Waals surface area contributed by atoms with Crippen molar-refractivity contribution in [3.63, 3.8) is 0 Å². The van der Waals surface area contributed by atoms with Gasteiger partial charge in [-0.05, 0) is 54.2 Å². The van der Waals surface area contributed by atoms with Crippen molar-refractivity contribution in [2.45, 2.75) is 6.54 Å². The summed E-state index contributed by atoms with van der Waals surface area (Å²) in [5, 5.41) is 0.260. The Labute approximate surface area is 223 Å². The number of aliphatic imine (C=N–C) groups is 1. The van der Waals surface area contributed by atoms with E-state index in [1.165, 1.54) is 4.90 Å². The number of rotatable bonds is 5. The molecule has 2 aliphatic heterocycles. The Bertz CT molecular complexity index is 1300. The number of halogens is 1. The zero-order valence-electron chi connectivity index (χ0n) is 19.8. The van der Waals surface area contributed by atoms with Gasteiger partial charge in [0.1, 0.15) is 11.7 Å². The molecule has 1 unspecified atom stereocenters. The average molecular weight is 565 g/mol. The Hall–Kier alpha value is -3.30. The maximum absolute atomic E-state index is 13.1. The van der Waals surface area contributed by atoms with Gasteiger partial charge in [0.2, 0.25) is 11.0 Å². The van der Waals surface area contributed by atoms with E-state index in [-0.39, 0.29) is 16.9 Å². The van der Waals surface area contributed by atoms with E-state index in [2.05, 4.69) is 25.8 Å². The van der Waals surface area contributed by atoms with Crippen LogP contribution in [0.1, 0.15) is 15.9 Å². The number of fused-ring (bicyclic) bond motifs is 1. The molecule has 1 saturated heterocycles. The smallest absolute Gasteiger partial charge is 0.253 e. The molecular weight excluding hydrogens is 540 g/mol. The van der Waals surface area contributed by atoms with Crippen LogP contribution in [0.3, 0.4) is 0 Å². The fourth-order valence-corrected chi connectivity index (χ4v) is 5.27. The molecule has 0 N–H and O–H groups in total. The zero-order chi connectivity index (χ0) is 25.2. The third-order valence-electron chi connectivity index (χ3n) is 6.58. The Balaban J connectivity index is 1.21. The Morgan fingerprint density at radius 1 is 1.08 bits per heavy atom. The van der Waals surface area contributed by atoms with E-state index in [9.17, 15) is 9.59 Å². The van der Waals surface area contributed by atoms with Crippen LogP contribution >= 0.6 is 28.1 Å². The van der Waals surface area contributed by atoms with Crippen LogP contribution in [0.2, 0.25) is 0 Å². The number of carbonyl (C=O) groups is 2. The van der Waals surface area contributed by atoms with E-state index < -0.39 is 5.92 Å². The number of piperazine rings is 1. The standard InChI is InChI=1S/C27H25BrN4O3S/c1-35-24-5-3-2-4-23(24)30-12-14-31(15-13-30)25(33)19-8-6-18(7-9-19)17-32-26(34)21-16-20(28)10-11-22(21)29-27(32)36/h2-11,16,21H,12-15,17H2,1H3. The molecule has 2 heterocycles. The molecule has 0 spiro atoms. The van der Waals surface area contributed by atoms with Crippen LogP contribution in [0, 0.1) is 5.92 Å². The lowest BCUT2D eigenvalue weighted by Gasteiger charge is -2.36. The third kappa shape index (κ3) is 4.85. The minimum atomic E-state index is -0.438. The summed E-state index contributed by atoms with van der Waals surface area (Å²) in [5.41, 5.74) is 3.22. The fraction of sp³-hybridized carbons (Fsp3) is 0.259. The molecular formula is C27H25BrN4O3S. The molecule has 184 valence electrons. The molecule has 1 fully saturated rings. The van der Waals surface area contributed by atoms with Gasteiger partial charge in [-0.1, -0.05) is 46.3 Å². The molecule has 1 aliphatic carbocycles. The van der Waals surface area contributed by atoms with Crippen LogP contribution in [-0.2, 0) is 11.3 Å². The second-order valence-electron chi connectivity index (χ2n) is 8.75. The van der Waals surface area contributed by atoms with Crippen molar-refractivity contribution in [2.24, 2.45) is 10.9 Å². The number of hydrogen-bond donors (Lipinski definition) is 0. The highest BCUT2D eigenvalue weighted by Gasteiger charge is 2.34. The molecule has 0 saturated carbocycles. The van der Waals surface area contributed by atoms with Gasteiger partial charge in [-0.15, -0.1) is 0 Å². The Kier molecular flexibility index (Phi) is 7.02. The lowest BCUT2D eigenvalue weighted by Crippen LogP contribution is -2.48. The van der Waals surface area contributed by atoms with Gasteiger partial charge in [-0.3, -0.25) is 14.5 Å². The molecule has 7 nitrogen and oxygen atoms in total. The quantitative estimate of drug-likeness (QED) is 0.509. The lowest BCUT2D eigenvalue weighted by molar-refractivity contribution is -0.128. The predicted molar refractivity (Wildman–Crippen MR) is 148 cm³/mol. The van der Waals surface area contributed by atoms with Gasteiger partial charge in [0, 0.05) is 36.2 Å². The summed E-state index contributed by atoms with van der Waals surface area (Å²) in [6, 6.07) is 15.3. The van der Waals surface area contributed by atoms with Crippen molar-refractivity contribution < 1.29 is 14.3 Å². The molecule has 2 amide bonds. The van der Waals surface area contributed by atoms with E-state index in [0.717, 1.165) is 34.6 Å². The fourth-order valence-electron chi connectivity index (χ4n) is 4.61. The molecule has 1 atom stereocenters. The summed E-state index contributed by atoms with van der Waals surface area (Å²) in [4.78, 5) is 36.3. The first kappa shape index (κ1) is 24.4. The van der Waals surface area contributed by atoms with Crippen molar-refractivity contribution in [1.29, 1.82) is 0 Å². The number of nitrogens with zero attached hydrogens (tertiary/aromatic N) is 4. The third-order valence-corrected chi connectivity index (χ3v) is 7.42. The number of methoxy groups -OCH3 is 1. The molecule has 3 aliphatic rings. The average Bonchev–Trinajstić information content (AvgIpc) is 2.91. The van der Waals surface area contributed by atoms with Gasteiger partial charge in [0.15, 0.2) is 0 Å². The molecule has 5 rings (SSSR count). The normalized spacial score (nSPS) is 19.6. The lowest BCUT2D eigenvalue weighted by atomic mass is 9.95. The minimum Gasteiger partial charge on any atom is -0.495 e. The Morgan fingerprint density at radius 2 is 1.81 bits per heavy atom. The van der Waals surface area contributed by atoms with Gasteiger partial charge < -0.3 is 14.5 Å². The second-order valence-corrected chi connectivity index (χ2v) is 10.0. The first-order valence-electron chi connectivity index (χ1n) is 11.7. The summed E-state index contributed by atoms with van der Waals surface area (Å²) in [6.07, 6.45) is 5.51. The summed E-state index contributed by atoms with van der Waals surface area (Å²) >= 11 is 8.82. The number of para-hydroxylation sites is 2. The number of carbonyl (C=O) groups excluding carboxylic acids is 2. The van der Waals surface area contributed by atoms with Crippen LogP contribution in [0.15, 0.2) is 76.2 Å². The predicted octanol–water partition coefficient (Wildman–Crippen LogP) is 4.19. The van der Waals surface area contributed by atoms with Crippen molar-refractivity contribution in [3.8, 4) is 5.75 Å². The summed E-state index contributed by atoms with van der Waals surface area (Å²) in [7, 11) is 1.67. The number of hydrogen-bond acceptors (Lipinski definition) is 5. The highest BCUT2D eigenvalue weighted by Crippen LogP contribution is 2.29. The van der Waals surface area contributed by atoms with Gasteiger partial charge in [0.25, 0.3) is 5.91 Å². The van der Waals surface area contributed by atoms with E-state index in [0.29, 0.717) is 30.9 Å². The molecule has 2 aromatic carbocycles. The maximum atomic E-state index is 13.1. The maximum Gasteiger partial charge on any atom is 0.253 e. The summed E-state index contributed by atoms with van der Waals surface area (Å²) < 4.78 is 6.33. The number of allylic oxidation sites excluding steroid dienone is 3. The first-order chi connectivity index (χ1) is 17.4. The van der Waals surface area contributed by atoms with Gasteiger partial charge in [-0.25, -0.2) is 4.99 Å². The van der Waals surface area contributed by atoms with E-state index in [4.69, 9.17) is 17.0 Å². The zero-order valence-corrected chi connectivity index (χ0v) is 22.2. The minimum absolute atomic E-state index is 0.00372. The van der Waals surface area contributed by atoms with Crippen LogP contribution in [-0.4, -0.2) is 65.7 Å². The van der Waals surface area contributed by atoms with Gasteiger partial charge in [0.05, 0.1) is 25.1 Å². The van der Waals surface area contributed by atoms with E-state index in [1.54, 1.807) is 7.11 Å². The number of anilines is 1. The highest BCUT2D eigenvalue weighted by molar-refractivity contribution is 9.11. The highest BCUT2D eigenvalue weighted by atomic mass is 79.9. The van der Waals surface area contributed by atoms with E-state index >= 15 is 0 Å². The number of benzene rings is 2. The summed E-state index contributed by atoms with van der Waals surface area (Å²) in [5.74, 6) is 0.305. The Morgan fingerprint density at radius 3 is 2.53 bits per heavy atom. The molecule has 9 heteroatoms. The topological polar surface area (TPSA) is 65.5 Å². The SMILES string of the molecule is COc1ccccc1N1CCN(C(=O)c2ccc(CN3C(=O)C4C=C(Br)C=CC4=NC3=S)cc2)CC1. The van der Waals surface area contributed by atoms with Gasteiger partial charge in [-0.2, -0.15) is 0 Å². The van der Waals surface area contributed by atoms with E-state index in [1.807, 2.05) is 71.7 Å². The first-order valence-corrected chi connectivity index (χ1v) is 12.9. The number of thiocarbonyl (C=S) groups is 1. The van der Waals surface area contributed by atoms with Crippen molar-refractivity contribution in [2.75, 3.05) is 38.2 Å². The monoisotopic (exact) mass is 564 g/mol. The van der Waals surface area contributed by atoms with Crippen LogP contribution < -0.4 is 9.64 Å². The van der Waals surface area contributed by atoms with Crippen molar-refractivity contribution >= 4 is 56.5 Å². The van der Waals surface area contributed by atoms with Crippen LogP contribution in [0.4, 0.5) is 5.69 Å². The van der Waals surface area contributed by atoms with Crippen LogP contribution in [0.5, 0.6) is 5.75 Å².